The van der Waals surface area contributed by atoms with Crippen molar-refractivity contribution in [3.8, 4) is 0 Å². The van der Waals surface area contributed by atoms with E-state index in [2.05, 4.69) is 78.3 Å². The van der Waals surface area contributed by atoms with Crippen LogP contribution in [0, 0.1) is 11.8 Å². The van der Waals surface area contributed by atoms with Crippen molar-refractivity contribution in [2.75, 3.05) is 13.1 Å². The topological polar surface area (TPSA) is 33.1 Å². The lowest BCUT2D eigenvalue weighted by molar-refractivity contribution is -0.984. The molecule has 3 aliphatic heterocycles. The summed E-state index contributed by atoms with van der Waals surface area (Å²) in [5.74, 6) is 1.09. The van der Waals surface area contributed by atoms with E-state index < -0.39 is 6.10 Å². The average Bonchev–Trinajstić information content (AvgIpc) is 2.96. The minimum absolute atomic E-state index is 0. The van der Waals surface area contributed by atoms with Gasteiger partial charge in [0.1, 0.15) is 18.7 Å². The molecule has 1 N–H and O–H groups in total. The summed E-state index contributed by atoms with van der Waals surface area (Å²) in [4.78, 5) is 4.57. The summed E-state index contributed by atoms with van der Waals surface area (Å²) in [6, 6.07) is 30.3. The van der Waals surface area contributed by atoms with Gasteiger partial charge in [-0.3, -0.25) is 4.98 Å². The maximum absolute atomic E-state index is 12.1. The van der Waals surface area contributed by atoms with Crippen LogP contribution in [0.4, 0.5) is 0 Å². The highest BCUT2D eigenvalue weighted by Gasteiger charge is 2.54. The van der Waals surface area contributed by atoms with Crippen LogP contribution in [0.2, 0.25) is 0 Å². The first-order chi connectivity index (χ1) is 18.2. The quantitative estimate of drug-likeness (QED) is 0.214. The number of pyridine rings is 1. The fourth-order valence-corrected chi connectivity index (χ4v) is 7.56. The molecule has 1 aromatic heterocycles. The van der Waals surface area contributed by atoms with E-state index in [0.29, 0.717) is 11.8 Å². The standard InChI is InChI=1S/C34H33N2O.ClH/c1-2-23-21-36(22-31-27-11-5-3-9-25(27)19-26-10-4-6-12-28(26)31)18-16-24(23)20-33(36)34(37)30-15-17-35-32-14-8-7-13-29(30)32;/h2-15,17,19,23-24,33-34,37H,1,16,18,20-22H2;1H/q+1;/p-1/t23-,24-,33-,34+,36?;/m0./s1. The van der Waals surface area contributed by atoms with Crippen molar-refractivity contribution >= 4 is 32.4 Å². The minimum Gasteiger partial charge on any atom is -1.00 e. The lowest BCUT2D eigenvalue weighted by atomic mass is 9.71. The highest BCUT2D eigenvalue weighted by molar-refractivity contribution is 6.02. The van der Waals surface area contributed by atoms with Crippen molar-refractivity contribution in [1.82, 2.24) is 4.98 Å². The Balaban J connectivity index is 0.00000264. The van der Waals surface area contributed by atoms with Gasteiger partial charge in [0.2, 0.25) is 0 Å². The van der Waals surface area contributed by atoms with Crippen molar-refractivity contribution in [2.45, 2.75) is 31.5 Å². The second-order valence-electron chi connectivity index (χ2n) is 11.2. The Morgan fingerprint density at radius 1 is 0.921 bits per heavy atom. The van der Waals surface area contributed by atoms with E-state index in [9.17, 15) is 5.11 Å². The van der Waals surface area contributed by atoms with E-state index in [4.69, 9.17) is 0 Å². The van der Waals surface area contributed by atoms with Gasteiger partial charge in [-0.25, -0.2) is 0 Å². The fraction of sp³-hybridized carbons (Fsp3) is 0.265. The summed E-state index contributed by atoms with van der Waals surface area (Å²) in [5, 5.41) is 18.4. The number of aliphatic hydroxyl groups is 1. The molecule has 192 valence electrons. The number of aromatic nitrogens is 1. The predicted molar refractivity (Wildman–Crippen MR) is 152 cm³/mol. The zero-order chi connectivity index (χ0) is 25.0. The number of nitrogens with zero attached hydrogens (tertiary/aromatic N) is 2. The molecular weight excluding hydrogens is 488 g/mol. The molecule has 38 heavy (non-hydrogen) atoms. The van der Waals surface area contributed by atoms with Crippen LogP contribution >= 0.6 is 0 Å². The van der Waals surface area contributed by atoms with E-state index in [1.807, 2.05) is 30.5 Å². The van der Waals surface area contributed by atoms with Gasteiger partial charge in [-0.2, -0.15) is 0 Å². The first-order valence-electron chi connectivity index (χ1n) is 13.6. The Morgan fingerprint density at radius 2 is 1.58 bits per heavy atom. The van der Waals surface area contributed by atoms with Crippen LogP contribution in [0.3, 0.4) is 0 Å². The summed E-state index contributed by atoms with van der Waals surface area (Å²) >= 11 is 0. The van der Waals surface area contributed by atoms with Gasteiger partial charge in [-0.1, -0.05) is 72.8 Å². The number of rotatable bonds is 5. The van der Waals surface area contributed by atoms with Crippen LogP contribution in [0.25, 0.3) is 32.4 Å². The van der Waals surface area contributed by atoms with Gasteiger partial charge in [-0.15, -0.1) is 6.58 Å². The molecule has 4 heteroatoms. The number of hydrogen-bond acceptors (Lipinski definition) is 2. The molecule has 0 saturated carbocycles. The molecule has 0 amide bonds. The molecule has 3 saturated heterocycles. The van der Waals surface area contributed by atoms with Gasteiger partial charge in [0.15, 0.2) is 0 Å². The first kappa shape index (κ1) is 25.1. The predicted octanol–water partition coefficient (Wildman–Crippen LogP) is 4.19. The third-order valence-electron chi connectivity index (χ3n) is 9.40. The van der Waals surface area contributed by atoms with Gasteiger partial charge in [0.05, 0.1) is 18.6 Å². The lowest BCUT2D eigenvalue weighted by Gasteiger charge is -2.58. The van der Waals surface area contributed by atoms with Crippen LogP contribution in [0.5, 0.6) is 0 Å². The maximum atomic E-state index is 12.1. The molecule has 0 radical (unpaired) electrons. The normalized spacial score (nSPS) is 25.3. The monoisotopic (exact) mass is 520 g/mol. The number of fused-ring (bicyclic) bond motifs is 6. The summed E-state index contributed by atoms with van der Waals surface area (Å²) < 4.78 is 0.906. The molecule has 0 spiro atoms. The van der Waals surface area contributed by atoms with Crippen LogP contribution in [0.1, 0.15) is 30.1 Å². The zero-order valence-corrected chi connectivity index (χ0v) is 22.3. The molecule has 3 fully saturated rings. The molecule has 5 aromatic rings. The Hall–Kier alpha value is -3.24. The van der Waals surface area contributed by atoms with E-state index in [-0.39, 0.29) is 18.4 Å². The molecule has 8 rings (SSSR count). The van der Waals surface area contributed by atoms with Crippen LogP contribution in [-0.4, -0.2) is 33.7 Å². The van der Waals surface area contributed by atoms with Crippen molar-refractivity contribution in [1.29, 1.82) is 0 Å². The Labute approximate surface area is 230 Å². The van der Waals surface area contributed by atoms with Crippen LogP contribution in [0.15, 0.2) is 104 Å². The van der Waals surface area contributed by atoms with E-state index in [1.165, 1.54) is 33.5 Å². The summed E-state index contributed by atoms with van der Waals surface area (Å²) in [6.45, 7) is 7.28. The second-order valence-corrected chi connectivity index (χ2v) is 11.2. The Bertz CT molecular complexity index is 1590. The third-order valence-corrected chi connectivity index (χ3v) is 9.40. The highest BCUT2D eigenvalue weighted by atomic mass is 35.5. The number of halogens is 1. The fourth-order valence-electron chi connectivity index (χ4n) is 7.56. The first-order valence-corrected chi connectivity index (χ1v) is 13.6. The molecule has 2 bridgehead atoms. The van der Waals surface area contributed by atoms with E-state index in [0.717, 1.165) is 47.0 Å². The Kier molecular flexibility index (Phi) is 6.47. The average molecular weight is 521 g/mol. The number of quaternary nitrogens is 1. The summed E-state index contributed by atoms with van der Waals surface area (Å²) in [6.07, 6.45) is 5.72. The third kappa shape index (κ3) is 3.92. The van der Waals surface area contributed by atoms with E-state index >= 15 is 0 Å². The largest absolute Gasteiger partial charge is 1.00 e. The minimum atomic E-state index is -0.539. The molecule has 4 aromatic carbocycles. The lowest BCUT2D eigenvalue weighted by Crippen LogP contribution is -3.00. The summed E-state index contributed by atoms with van der Waals surface area (Å²) in [5.41, 5.74) is 3.37. The zero-order valence-electron chi connectivity index (χ0n) is 21.5. The van der Waals surface area contributed by atoms with Crippen LogP contribution < -0.4 is 12.4 Å². The molecule has 0 aliphatic carbocycles. The second kappa shape index (κ2) is 9.81. The maximum Gasteiger partial charge on any atom is 0.131 e. The number of para-hydroxylation sites is 1. The molecular formula is C34H33ClN2O. The van der Waals surface area contributed by atoms with Gasteiger partial charge in [0, 0.05) is 35.9 Å². The molecule has 3 nitrogen and oxygen atoms in total. The van der Waals surface area contributed by atoms with Crippen molar-refractivity contribution < 1.29 is 22.0 Å². The smallest absolute Gasteiger partial charge is 0.131 e. The van der Waals surface area contributed by atoms with Gasteiger partial charge in [0.25, 0.3) is 0 Å². The number of piperidine rings is 3. The number of benzene rings is 4. The highest BCUT2D eigenvalue weighted by Crippen LogP contribution is 2.49. The van der Waals surface area contributed by atoms with Gasteiger partial charge >= 0.3 is 0 Å². The SMILES string of the molecule is C=C[C@H]1C[N+]2(Cc3c4ccccc4cc4ccccc34)CC[C@H]1C[C@H]2[C@H](O)c1ccnc2ccccc12.[Cl-]. The van der Waals surface area contributed by atoms with Crippen molar-refractivity contribution in [2.24, 2.45) is 11.8 Å². The molecule has 1 unspecified atom stereocenters. The number of hydrogen-bond donors (Lipinski definition) is 1. The van der Waals surface area contributed by atoms with E-state index in [1.54, 1.807) is 0 Å². The van der Waals surface area contributed by atoms with Gasteiger partial charge in [-0.05, 0) is 51.2 Å². The Morgan fingerprint density at radius 3 is 2.29 bits per heavy atom. The number of aliphatic hydroxyl groups excluding tert-OH is 1. The van der Waals surface area contributed by atoms with Crippen molar-refractivity contribution in [3.63, 3.8) is 0 Å². The van der Waals surface area contributed by atoms with Crippen LogP contribution in [-0.2, 0) is 6.54 Å². The molecule has 3 aliphatic rings. The summed E-state index contributed by atoms with van der Waals surface area (Å²) in [7, 11) is 0. The van der Waals surface area contributed by atoms with Crippen molar-refractivity contribution in [3.05, 3.63) is 115 Å². The molecule has 4 heterocycles. The van der Waals surface area contributed by atoms with Gasteiger partial charge < -0.3 is 22.0 Å². The molecule has 5 atom stereocenters.